The first-order chi connectivity index (χ1) is 9.95. The largest absolute Gasteiger partial charge is 0.459 e. The van der Waals surface area contributed by atoms with Crippen LogP contribution in [0.2, 0.25) is 0 Å². The fraction of sp³-hybridized carbons (Fsp3) is 0.929. The molecule has 7 nitrogen and oxygen atoms in total. The molecule has 0 aromatic carbocycles. The number of aliphatic hydroxyl groups excluding tert-OH is 1. The van der Waals surface area contributed by atoms with Crippen molar-refractivity contribution in [2.45, 2.75) is 26.4 Å². The summed E-state index contributed by atoms with van der Waals surface area (Å²) in [5, 5.41) is 11.4. The van der Waals surface area contributed by atoms with E-state index in [1.165, 1.54) is 0 Å². The van der Waals surface area contributed by atoms with Gasteiger partial charge in [0.25, 0.3) is 0 Å². The van der Waals surface area contributed by atoms with Crippen molar-refractivity contribution >= 4 is 5.97 Å². The molecule has 0 atom stereocenters. The Morgan fingerprint density at radius 1 is 0.952 bits per heavy atom. The quantitative estimate of drug-likeness (QED) is 0.365. The van der Waals surface area contributed by atoms with E-state index >= 15 is 0 Å². The van der Waals surface area contributed by atoms with Crippen molar-refractivity contribution in [1.29, 1.82) is 0 Å². The second kappa shape index (κ2) is 13.0. The van der Waals surface area contributed by atoms with E-state index in [4.69, 9.17) is 24.1 Å². The maximum atomic E-state index is 11.4. The first-order valence-electron chi connectivity index (χ1n) is 7.22. The van der Waals surface area contributed by atoms with Gasteiger partial charge < -0.3 is 29.4 Å². The van der Waals surface area contributed by atoms with E-state index in [9.17, 15) is 4.79 Å². The molecule has 0 aromatic heterocycles. The second-order valence-electron chi connectivity index (χ2n) is 5.32. The van der Waals surface area contributed by atoms with Gasteiger partial charge in [-0.25, -0.2) is 0 Å². The molecular formula is C14H29NO6. The number of hydrogen-bond acceptors (Lipinski definition) is 7. The molecule has 0 fully saturated rings. The highest BCUT2D eigenvalue weighted by atomic mass is 16.6. The summed E-state index contributed by atoms with van der Waals surface area (Å²) in [7, 11) is 0. The highest BCUT2D eigenvalue weighted by Gasteiger charge is 2.15. The number of hydrogen-bond donors (Lipinski definition) is 2. The number of nitrogens with one attached hydrogen (secondary N) is 1. The minimum absolute atomic E-state index is 0.0272. The number of aliphatic hydroxyl groups is 1. The number of esters is 1. The summed E-state index contributed by atoms with van der Waals surface area (Å²) < 4.78 is 20.8. The van der Waals surface area contributed by atoms with Gasteiger partial charge in [-0.05, 0) is 20.8 Å². The van der Waals surface area contributed by atoms with Gasteiger partial charge in [-0.3, -0.25) is 4.79 Å². The second-order valence-corrected chi connectivity index (χ2v) is 5.32. The molecule has 0 aliphatic heterocycles. The average molecular weight is 307 g/mol. The van der Waals surface area contributed by atoms with Crippen LogP contribution in [-0.4, -0.2) is 76.0 Å². The smallest absolute Gasteiger partial charge is 0.320 e. The fourth-order valence-corrected chi connectivity index (χ4v) is 1.32. The van der Waals surface area contributed by atoms with Gasteiger partial charge >= 0.3 is 5.97 Å². The molecule has 0 aliphatic rings. The highest BCUT2D eigenvalue weighted by Crippen LogP contribution is 2.05. The zero-order valence-electron chi connectivity index (χ0n) is 13.4. The van der Waals surface area contributed by atoms with Crippen molar-refractivity contribution in [2.75, 3.05) is 59.3 Å². The molecule has 0 spiro atoms. The molecule has 0 bridgehead atoms. The van der Waals surface area contributed by atoms with E-state index in [1.807, 2.05) is 20.8 Å². The van der Waals surface area contributed by atoms with Crippen molar-refractivity contribution in [2.24, 2.45) is 0 Å². The van der Waals surface area contributed by atoms with Gasteiger partial charge in [0.05, 0.1) is 52.8 Å². The van der Waals surface area contributed by atoms with Crippen LogP contribution in [0.15, 0.2) is 0 Å². The summed E-state index contributed by atoms with van der Waals surface area (Å²) in [5.41, 5.74) is -0.451. The van der Waals surface area contributed by atoms with Gasteiger partial charge in [-0.15, -0.1) is 0 Å². The third-order valence-corrected chi connectivity index (χ3v) is 2.09. The van der Waals surface area contributed by atoms with Crippen LogP contribution in [0.5, 0.6) is 0 Å². The zero-order valence-corrected chi connectivity index (χ0v) is 13.4. The summed E-state index contributed by atoms with van der Waals surface area (Å²) in [4.78, 5) is 11.4. The van der Waals surface area contributed by atoms with E-state index < -0.39 is 5.60 Å². The molecule has 21 heavy (non-hydrogen) atoms. The van der Waals surface area contributed by atoms with E-state index in [0.29, 0.717) is 46.2 Å². The summed E-state index contributed by atoms with van der Waals surface area (Å²) in [6.45, 7) is 9.09. The van der Waals surface area contributed by atoms with Crippen LogP contribution in [0.3, 0.4) is 0 Å². The predicted octanol–water partition coefficient (Wildman–Crippen LogP) is -0.0402. The molecule has 126 valence electrons. The Bertz CT molecular complexity index is 254. The number of carbonyl (C=O) groups excluding carboxylic acids is 1. The fourth-order valence-electron chi connectivity index (χ4n) is 1.32. The normalized spacial score (nSPS) is 11.6. The Labute approximate surface area is 126 Å². The van der Waals surface area contributed by atoms with Gasteiger partial charge in [0, 0.05) is 6.54 Å². The monoisotopic (exact) mass is 307 g/mol. The lowest BCUT2D eigenvalue weighted by molar-refractivity contribution is -0.153. The van der Waals surface area contributed by atoms with Crippen molar-refractivity contribution in [3.05, 3.63) is 0 Å². The van der Waals surface area contributed by atoms with Gasteiger partial charge in [0.1, 0.15) is 5.60 Å². The van der Waals surface area contributed by atoms with Crippen molar-refractivity contribution in [3.8, 4) is 0 Å². The van der Waals surface area contributed by atoms with Gasteiger partial charge in [0.2, 0.25) is 0 Å². The molecule has 0 aromatic rings. The van der Waals surface area contributed by atoms with Crippen LogP contribution in [0.25, 0.3) is 0 Å². The van der Waals surface area contributed by atoms with Gasteiger partial charge in [0.15, 0.2) is 0 Å². The lowest BCUT2D eigenvalue weighted by Gasteiger charge is -2.19. The van der Waals surface area contributed by atoms with Crippen molar-refractivity contribution in [3.63, 3.8) is 0 Å². The number of carbonyl (C=O) groups is 1. The van der Waals surface area contributed by atoms with Crippen molar-refractivity contribution in [1.82, 2.24) is 5.32 Å². The molecule has 7 heteroatoms. The summed E-state index contributed by atoms with van der Waals surface area (Å²) in [5.74, 6) is -0.270. The van der Waals surface area contributed by atoms with Crippen LogP contribution < -0.4 is 5.32 Å². The predicted molar refractivity (Wildman–Crippen MR) is 78.3 cm³/mol. The minimum Gasteiger partial charge on any atom is -0.459 e. The standard InChI is InChI=1S/C14H29NO6/c1-14(2,3)21-13(17)12-15-4-6-18-8-10-20-11-9-19-7-5-16/h15-16H,4-12H2,1-3H3. The third-order valence-electron chi connectivity index (χ3n) is 2.09. The summed E-state index contributed by atoms with van der Waals surface area (Å²) >= 11 is 0. The molecule has 0 unspecified atom stereocenters. The van der Waals surface area contributed by atoms with E-state index in [-0.39, 0.29) is 19.1 Å². The summed E-state index contributed by atoms with van der Waals surface area (Å²) in [6, 6.07) is 0. The van der Waals surface area contributed by atoms with Crippen LogP contribution in [0.4, 0.5) is 0 Å². The molecule has 0 rings (SSSR count). The molecule has 0 saturated heterocycles. The number of rotatable bonds is 13. The van der Waals surface area contributed by atoms with Crippen LogP contribution >= 0.6 is 0 Å². The molecule has 0 heterocycles. The van der Waals surface area contributed by atoms with Gasteiger partial charge in [-0.1, -0.05) is 0 Å². The molecule has 2 N–H and O–H groups in total. The third kappa shape index (κ3) is 17.2. The zero-order chi connectivity index (χ0) is 16.0. The minimum atomic E-state index is -0.451. The lowest BCUT2D eigenvalue weighted by atomic mass is 10.2. The lowest BCUT2D eigenvalue weighted by Crippen LogP contribution is -2.33. The maximum Gasteiger partial charge on any atom is 0.320 e. The van der Waals surface area contributed by atoms with Crippen molar-refractivity contribution < 1.29 is 28.8 Å². The Morgan fingerprint density at radius 3 is 2.00 bits per heavy atom. The Balaban J connectivity index is 3.17. The number of ether oxygens (including phenoxy) is 4. The van der Waals surface area contributed by atoms with E-state index in [0.717, 1.165) is 0 Å². The van der Waals surface area contributed by atoms with Crippen LogP contribution in [0.1, 0.15) is 20.8 Å². The molecule has 0 aliphatic carbocycles. The van der Waals surface area contributed by atoms with E-state index in [2.05, 4.69) is 5.32 Å². The first-order valence-corrected chi connectivity index (χ1v) is 7.22. The average Bonchev–Trinajstić information content (AvgIpc) is 2.38. The SMILES string of the molecule is CC(C)(C)OC(=O)CNCCOCCOCCOCCO. The van der Waals surface area contributed by atoms with Gasteiger partial charge in [-0.2, -0.15) is 0 Å². The van der Waals surface area contributed by atoms with Crippen LogP contribution in [-0.2, 0) is 23.7 Å². The highest BCUT2D eigenvalue weighted by molar-refractivity contribution is 5.72. The summed E-state index contributed by atoms with van der Waals surface area (Å²) in [6.07, 6.45) is 0. The Kier molecular flexibility index (Phi) is 12.5. The molecule has 0 saturated carbocycles. The molecule has 0 radical (unpaired) electrons. The van der Waals surface area contributed by atoms with Crippen LogP contribution in [0, 0.1) is 0 Å². The topological polar surface area (TPSA) is 86.3 Å². The van der Waals surface area contributed by atoms with E-state index in [1.54, 1.807) is 0 Å². The Hall–Kier alpha value is -0.730. The molecule has 0 amide bonds. The molecular weight excluding hydrogens is 278 g/mol. The Morgan fingerprint density at radius 2 is 1.48 bits per heavy atom. The first kappa shape index (κ1) is 20.3. The maximum absolute atomic E-state index is 11.4.